The van der Waals surface area contributed by atoms with E-state index in [1.165, 1.54) is 26.6 Å². The first-order valence-corrected chi connectivity index (χ1v) is 13.4. The van der Waals surface area contributed by atoms with Crippen molar-refractivity contribution in [1.29, 1.82) is 0 Å². The smallest absolute Gasteiger partial charge is 0.255 e. The standard InChI is InChI=1S/C33H27FN4O4/c1-41-29-16-24-27(17-30(29)42-2)35-19-36-32(24)37-26-13-12-20(14-25(26)34)15-28(39)31(21-8-4-3-5-9-21)38-18-22-10-6-7-11-23(22)33(38)40/h3-14,16-17,19,31H,15,18H2,1-2H3,(H,35,36,37). The van der Waals surface area contributed by atoms with Crippen molar-refractivity contribution in [3.63, 3.8) is 0 Å². The van der Waals surface area contributed by atoms with Crippen LogP contribution in [0.4, 0.5) is 15.9 Å². The second-order valence-corrected chi connectivity index (χ2v) is 9.93. The van der Waals surface area contributed by atoms with Crippen LogP contribution >= 0.6 is 0 Å². The van der Waals surface area contributed by atoms with Crippen LogP contribution in [0.25, 0.3) is 10.9 Å². The summed E-state index contributed by atoms with van der Waals surface area (Å²) in [6.45, 7) is 0.334. The van der Waals surface area contributed by atoms with E-state index in [-0.39, 0.29) is 23.8 Å². The van der Waals surface area contributed by atoms with E-state index in [1.54, 1.807) is 35.2 Å². The number of carbonyl (C=O) groups excluding carboxylic acids is 2. The summed E-state index contributed by atoms with van der Waals surface area (Å²) in [4.78, 5) is 37.2. The number of halogens is 1. The van der Waals surface area contributed by atoms with Crippen LogP contribution in [0.15, 0.2) is 91.3 Å². The second-order valence-electron chi connectivity index (χ2n) is 9.93. The van der Waals surface area contributed by atoms with Crippen LogP contribution in [-0.2, 0) is 17.8 Å². The fourth-order valence-corrected chi connectivity index (χ4v) is 5.34. The Morgan fingerprint density at radius 2 is 1.69 bits per heavy atom. The van der Waals surface area contributed by atoms with Gasteiger partial charge in [0.25, 0.3) is 5.91 Å². The van der Waals surface area contributed by atoms with Crippen LogP contribution in [-0.4, -0.2) is 40.8 Å². The summed E-state index contributed by atoms with van der Waals surface area (Å²) in [7, 11) is 3.07. The summed E-state index contributed by atoms with van der Waals surface area (Å²) in [6, 6.07) is 23.8. The normalized spacial score (nSPS) is 13.1. The first kappa shape index (κ1) is 26.9. The van der Waals surface area contributed by atoms with E-state index in [4.69, 9.17) is 9.47 Å². The molecular formula is C33H27FN4O4. The van der Waals surface area contributed by atoms with Crippen molar-refractivity contribution in [2.75, 3.05) is 19.5 Å². The number of ketones is 1. The quantitative estimate of drug-likeness (QED) is 0.234. The number of anilines is 2. The molecule has 0 bridgehead atoms. The zero-order chi connectivity index (χ0) is 29.2. The lowest BCUT2D eigenvalue weighted by molar-refractivity contribution is -0.123. The van der Waals surface area contributed by atoms with Crippen LogP contribution < -0.4 is 14.8 Å². The molecule has 0 saturated carbocycles. The highest BCUT2D eigenvalue weighted by molar-refractivity contribution is 6.02. The van der Waals surface area contributed by atoms with Gasteiger partial charge in [0, 0.05) is 30.0 Å². The van der Waals surface area contributed by atoms with Crippen LogP contribution in [0.5, 0.6) is 11.5 Å². The lowest BCUT2D eigenvalue weighted by Crippen LogP contribution is -2.35. The maximum absolute atomic E-state index is 15.4. The first-order chi connectivity index (χ1) is 20.5. The van der Waals surface area contributed by atoms with Gasteiger partial charge in [-0.2, -0.15) is 0 Å². The van der Waals surface area contributed by atoms with Crippen LogP contribution in [0.1, 0.15) is 33.1 Å². The molecule has 1 aromatic heterocycles. The number of carbonyl (C=O) groups is 2. The topological polar surface area (TPSA) is 93.7 Å². The van der Waals surface area contributed by atoms with E-state index in [2.05, 4.69) is 15.3 Å². The molecule has 0 saturated heterocycles. The molecule has 42 heavy (non-hydrogen) atoms. The number of nitrogens with one attached hydrogen (secondary N) is 1. The van der Waals surface area contributed by atoms with E-state index in [1.807, 2.05) is 48.5 Å². The minimum atomic E-state index is -0.800. The highest BCUT2D eigenvalue weighted by Crippen LogP contribution is 2.36. The van der Waals surface area contributed by atoms with E-state index in [0.29, 0.717) is 51.5 Å². The number of Topliss-reactive ketones (excluding diaryl/α,β-unsaturated/α-hetero) is 1. The second kappa shape index (κ2) is 11.3. The van der Waals surface area contributed by atoms with E-state index >= 15 is 4.39 Å². The molecule has 0 aliphatic carbocycles. The van der Waals surface area contributed by atoms with E-state index < -0.39 is 11.9 Å². The average Bonchev–Trinajstić information content (AvgIpc) is 3.34. The molecule has 6 rings (SSSR count). The molecule has 210 valence electrons. The summed E-state index contributed by atoms with van der Waals surface area (Å²) in [5.41, 5.74) is 3.47. The molecule has 2 heterocycles. The molecule has 1 amide bonds. The summed E-state index contributed by atoms with van der Waals surface area (Å²) >= 11 is 0. The minimum absolute atomic E-state index is 0.0513. The van der Waals surface area contributed by atoms with Gasteiger partial charge in [0.05, 0.1) is 25.4 Å². The SMILES string of the molecule is COc1cc2ncnc(Nc3ccc(CC(=O)C(c4ccccc4)N4Cc5ccccc5C4=O)cc3F)c2cc1OC. The maximum Gasteiger partial charge on any atom is 0.255 e. The lowest BCUT2D eigenvalue weighted by atomic mass is 9.96. The molecule has 1 aliphatic heterocycles. The number of methoxy groups -OCH3 is 2. The van der Waals surface area contributed by atoms with Gasteiger partial charge in [-0.25, -0.2) is 14.4 Å². The molecule has 1 aliphatic rings. The van der Waals surface area contributed by atoms with Gasteiger partial charge in [0.2, 0.25) is 0 Å². The molecule has 5 aromatic rings. The maximum atomic E-state index is 15.4. The number of benzene rings is 4. The third kappa shape index (κ3) is 5.01. The zero-order valence-electron chi connectivity index (χ0n) is 23.0. The Labute approximate surface area is 241 Å². The number of hydrogen-bond acceptors (Lipinski definition) is 7. The Bertz CT molecular complexity index is 1810. The highest BCUT2D eigenvalue weighted by atomic mass is 19.1. The van der Waals surface area contributed by atoms with Crippen LogP contribution in [0.2, 0.25) is 0 Å². The predicted molar refractivity (Wildman–Crippen MR) is 157 cm³/mol. The minimum Gasteiger partial charge on any atom is -0.493 e. The van der Waals surface area contributed by atoms with Crippen molar-refractivity contribution >= 4 is 34.1 Å². The van der Waals surface area contributed by atoms with Gasteiger partial charge in [-0.05, 0) is 41.0 Å². The van der Waals surface area contributed by atoms with E-state index in [0.717, 1.165) is 5.56 Å². The Morgan fingerprint density at radius 1 is 0.952 bits per heavy atom. The molecule has 0 fully saturated rings. The summed E-state index contributed by atoms with van der Waals surface area (Å²) in [6.07, 6.45) is 1.33. The Hall–Kier alpha value is -5.31. The van der Waals surface area contributed by atoms with Crippen molar-refractivity contribution < 1.29 is 23.5 Å². The van der Waals surface area contributed by atoms with Crippen molar-refractivity contribution in [2.24, 2.45) is 0 Å². The fraction of sp³-hybridized carbons (Fsp3) is 0.152. The number of amides is 1. The zero-order valence-corrected chi connectivity index (χ0v) is 23.0. The van der Waals surface area contributed by atoms with Gasteiger partial charge in [-0.15, -0.1) is 0 Å². The van der Waals surface area contributed by atoms with Crippen molar-refractivity contribution in [1.82, 2.24) is 14.9 Å². The number of hydrogen-bond donors (Lipinski definition) is 1. The van der Waals surface area contributed by atoms with Gasteiger partial charge in [-0.1, -0.05) is 54.6 Å². The van der Waals surface area contributed by atoms with Crippen LogP contribution in [0.3, 0.4) is 0 Å². The van der Waals surface area contributed by atoms with Gasteiger partial charge < -0.3 is 19.7 Å². The van der Waals surface area contributed by atoms with Crippen LogP contribution in [0, 0.1) is 5.82 Å². The van der Waals surface area contributed by atoms with Gasteiger partial charge in [-0.3, -0.25) is 9.59 Å². The highest BCUT2D eigenvalue weighted by Gasteiger charge is 2.37. The van der Waals surface area contributed by atoms with Crippen molar-refractivity contribution in [2.45, 2.75) is 19.0 Å². The monoisotopic (exact) mass is 562 g/mol. The number of fused-ring (bicyclic) bond motifs is 2. The molecule has 0 spiro atoms. The van der Waals surface area contributed by atoms with Crippen molar-refractivity contribution in [3.05, 3.63) is 119 Å². The Kier molecular flexibility index (Phi) is 7.23. The molecule has 0 radical (unpaired) electrons. The molecule has 1 unspecified atom stereocenters. The van der Waals surface area contributed by atoms with E-state index in [9.17, 15) is 9.59 Å². The molecular weight excluding hydrogens is 535 g/mol. The van der Waals surface area contributed by atoms with Gasteiger partial charge in [0.15, 0.2) is 17.3 Å². The summed E-state index contributed by atoms with van der Waals surface area (Å²) in [5, 5.41) is 3.65. The number of ether oxygens (including phenoxy) is 2. The molecule has 9 heteroatoms. The Morgan fingerprint density at radius 3 is 2.43 bits per heavy atom. The predicted octanol–water partition coefficient (Wildman–Crippen LogP) is 6.04. The molecule has 4 aromatic carbocycles. The number of nitrogens with zero attached hydrogens (tertiary/aromatic N) is 3. The molecule has 8 nitrogen and oxygen atoms in total. The summed E-state index contributed by atoms with van der Waals surface area (Å²) in [5.74, 6) is 0.455. The number of rotatable bonds is 9. The fourth-order valence-electron chi connectivity index (χ4n) is 5.34. The third-order valence-corrected chi connectivity index (χ3v) is 7.39. The van der Waals surface area contributed by atoms with Gasteiger partial charge >= 0.3 is 0 Å². The first-order valence-electron chi connectivity index (χ1n) is 13.4. The summed E-state index contributed by atoms with van der Waals surface area (Å²) < 4.78 is 26.1. The lowest BCUT2D eigenvalue weighted by Gasteiger charge is -2.27. The molecule has 1 atom stereocenters. The largest absolute Gasteiger partial charge is 0.493 e. The Balaban J connectivity index is 1.26. The number of aromatic nitrogens is 2. The average molecular weight is 563 g/mol. The third-order valence-electron chi connectivity index (χ3n) is 7.39. The van der Waals surface area contributed by atoms with Gasteiger partial charge in [0.1, 0.15) is 24.0 Å². The molecule has 1 N–H and O–H groups in total. The van der Waals surface area contributed by atoms with Crippen molar-refractivity contribution in [3.8, 4) is 11.5 Å².